The Morgan fingerprint density at radius 2 is 2.13 bits per heavy atom. The molecule has 0 atom stereocenters. The van der Waals surface area contributed by atoms with Gasteiger partial charge in [-0.3, -0.25) is 5.10 Å². The Hall–Kier alpha value is -0.810. The molecule has 0 spiro atoms. The lowest BCUT2D eigenvalue weighted by atomic mass is 10.3. The van der Waals surface area contributed by atoms with Crippen LogP contribution >= 0.6 is 31.9 Å². The van der Waals surface area contributed by atoms with E-state index in [0.29, 0.717) is 0 Å². The summed E-state index contributed by atoms with van der Waals surface area (Å²) in [6.45, 7) is 0.731. The van der Waals surface area contributed by atoms with Crippen molar-refractivity contribution in [2.45, 2.75) is 6.54 Å². The first-order valence-electron chi connectivity index (χ1n) is 4.43. The Kier molecular flexibility index (Phi) is 3.43. The highest BCUT2D eigenvalue weighted by Crippen LogP contribution is 2.26. The average molecular weight is 331 g/mol. The molecule has 0 bridgehead atoms. The van der Waals surface area contributed by atoms with Crippen molar-refractivity contribution in [2.75, 3.05) is 5.32 Å². The third-order valence-electron chi connectivity index (χ3n) is 1.96. The molecule has 0 radical (unpaired) electrons. The second kappa shape index (κ2) is 4.81. The van der Waals surface area contributed by atoms with Crippen molar-refractivity contribution in [2.24, 2.45) is 0 Å². The normalized spacial score (nSPS) is 10.3. The number of halogens is 2. The molecule has 2 rings (SSSR count). The van der Waals surface area contributed by atoms with E-state index in [1.54, 1.807) is 6.20 Å². The number of anilines is 1. The van der Waals surface area contributed by atoms with Crippen molar-refractivity contribution in [3.8, 4) is 0 Å². The third-order valence-corrected chi connectivity index (χ3v) is 3.14. The number of hydrogen-bond donors (Lipinski definition) is 2. The van der Waals surface area contributed by atoms with E-state index in [0.717, 1.165) is 26.9 Å². The molecule has 0 aliphatic carbocycles. The lowest BCUT2D eigenvalue weighted by Gasteiger charge is -2.07. The number of hydrogen-bond acceptors (Lipinski definition) is 2. The second-order valence-corrected chi connectivity index (χ2v) is 4.83. The van der Waals surface area contributed by atoms with Crippen molar-refractivity contribution in [3.05, 3.63) is 45.1 Å². The Balaban J connectivity index is 2.07. The number of nitrogens with zero attached hydrogens (tertiary/aromatic N) is 1. The van der Waals surface area contributed by atoms with Crippen LogP contribution in [0.2, 0.25) is 0 Å². The number of aromatic nitrogens is 2. The summed E-state index contributed by atoms with van der Waals surface area (Å²) in [4.78, 5) is 0. The minimum absolute atomic E-state index is 0.731. The van der Waals surface area contributed by atoms with Crippen molar-refractivity contribution in [1.29, 1.82) is 0 Å². The molecule has 0 saturated carbocycles. The van der Waals surface area contributed by atoms with Gasteiger partial charge in [-0.25, -0.2) is 0 Å². The van der Waals surface area contributed by atoms with Crippen LogP contribution in [-0.2, 0) is 6.54 Å². The van der Waals surface area contributed by atoms with Crippen LogP contribution in [0.15, 0.2) is 39.4 Å². The van der Waals surface area contributed by atoms with E-state index in [2.05, 4.69) is 47.4 Å². The summed E-state index contributed by atoms with van der Waals surface area (Å²) in [6.07, 6.45) is 1.74. The van der Waals surface area contributed by atoms with E-state index in [1.165, 1.54) is 0 Å². The molecule has 0 aliphatic rings. The van der Waals surface area contributed by atoms with E-state index in [1.807, 2.05) is 24.3 Å². The van der Waals surface area contributed by atoms with Gasteiger partial charge in [0.25, 0.3) is 0 Å². The monoisotopic (exact) mass is 329 g/mol. The van der Waals surface area contributed by atoms with Crippen molar-refractivity contribution >= 4 is 37.5 Å². The van der Waals surface area contributed by atoms with Crippen LogP contribution in [0, 0.1) is 0 Å². The standard InChI is InChI=1S/C10H9Br2N3/c11-7-1-2-9(12)10(5-7)13-6-8-3-4-14-15-8/h1-5,13H,6H2,(H,14,15). The zero-order valence-corrected chi connectivity index (χ0v) is 11.0. The highest BCUT2D eigenvalue weighted by Gasteiger charge is 2.00. The van der Waals surface area contributed by atoms with Crippen LogP contribution in [0.25, 0.3) is 0 Å². The molecular formula is C10H9Br2N3. The molecule has 1 aromatic carbocycles. The molecule has 0 amide bonds. The molecule has 0 fully saturated rings. The van der Waals surface area contributed by atoms with Gasteiger partial charge in [0.15, 0.2) is 0 Å². The van der Waals surface area contributed by atoms with E-state index in [4.69, 9.17) is 0 Å². The van der Waals surface area contributed by atoms with Crippen LogP contribution in [0.4, 0.5) is 5.69 Å². The Morgan fingerprint density at radius 1 is 1.27 bits per heavy atom. The summed E-state index contributed by atoms with van der Waals surface area (Å²) in [6, 6.07) is 7.96. The van der Waals surface area contributed by atoms with Gasteiger partial charge in [0.05, 0.1) is 12.2 Å². The van der Waals surface area contributed by atoms with Crippen molar-refractivity contribution in [3.63, 3.8) is 0 Å². The number of rotatable bonds is 3. The maximum Gasteiger partial charge on any atom is 0.0568 e. The fourth-order valence-corrected chi connectivity index (χ4v) is 1.95. The maximum absolute atomic E-state index is 3.89. The van der Waals surface area contributed by atoms with Crippen LogP contribution in [0.3, 0.4) is 0 Å². The smallest absolute Gasteiger partial charge is 0.0568 e. The molecule has 2 N–H and O–H groups in total. The fourth-order valence-electron chi connectivity index (χ4n) is 1.21. The maximum atomic E-state index is 3.89. The topological polar surface area (TPSA) is 40.7 Å². The summed E-state index contributed by atoms with van der Waals surface area (Å²) < 4.78 is 2.10. The van der Waals surface area contributed by atoms with Gasteiger partial charge in [-0.05, 0) is 40.2 Å². The van der Waals surface area contributed by atoms with Gasteiger partial charge in [-0.1, -0.05) is 15.9 Å². The first kappa shape index (κ1) is 10.7. The summed E-state index contributed by atoms with van der Waals surface area (Å²) >= 11 is 6.92. The molecule has 78 valence electrons. The Morgan fingerprint density at radius 3 is 2.87 bits per heavy atom. The summed E-state index contributed by atoms with van der Waals surface area (Å²) in [5, 5.41) is 10.1. The molecular weight excluding hydrogens is 322 g/mol. The summed E-state index contributed by atoms with van der Waals surface area (Å²) in [5.41, 5.74) is 2.11. The molecule has 1 heterocycles. The number of benzene rings is 1. The first-order chi connectivity index (χ1) is 7.25. The number of aromatic amines is 1. The molecule has 2 aromatic rings. The quantitative estimate of drug-likeness (QED) is 0.903. The van der Waals surface area contributed by atoms with Crippen LogP contribution < -0.4 is 5.32 Å². The predicted molar refractivity (Wildman–Crippen MR) is 67.8 cm³/mol. The van der Waals surface area contributed by atoms with Gasteiger partial charge in [0.1, 0.15) is 0 Å². The summed E-state index contributed by atoms with van der Waals surface area (Å²) in [5.74, 6) is 0. The highest BCUT2D eigenvalue weighted by atomic mass is 79.9. The fraction of sp³-hybridized carbons (Fsp3) is 0.100. The Bertz CT molecular complexity index is 440. The van der Waals surface area contributed by atoms with Crippen LogP contribution in [-0.4, -0.2) is 10.2 Å². The van der Waals surface area contributed by atoms with Crippen molar-refractivity contribution in [1.82, 2.24) is 10.2 Å². The van der Waals surface area contributed by atoms with E-state index in [9.17, 15) is 0 Å². The van der Waals surface area contributed by atoms with E-state index < -0.39 is 0 Å². The van der Waals surface area contributed by atoms with Gasteiger partial charge >= 0.3 is 0 Å². The molecule has 0 unspecified atom stereocenters. The third kappa shape index (κ3) is 2.82. The average Bonchev–Trinajstić information content (AvgIpc) is 2.72. The van der Waals surface area contributed by atoms with E-state index >= 15 is 0 Å². The van der Waals surface area contributed by atoms with Gasteiger partial charge in [0.2, 0.25) is 0 Å². The molecule has 15 heavy (non-hydrogen) atoms. The lowest BCUT2D eigenvalue weighted by Crippen LogP contribution is -2.00. The van der Waals surface area contributed by atoms with Crippen LogP contribution in [0.5, 0.6) is 0 Å². The van der Waals surface area contributed by atoms with E-state index in [-0.39, 0.29) is 0 Å². The SMILES string of the molecule is Brc1ccc(Br)c(NCc2ccn[nH]2)c1. The second-order valence-electron chi connectivity index (χ2n) is 3.06. The predicted octanol–water partition coefficient (Wildman–Crippen LogP) is 3.55. The highest BCUT2D eigenvalue weighted by molar-refractivity contribution is 9.11. The van der Waals surface area contributed by atoms with Gasteiger partial charge in [-0.2, -0.15) is 5.10 Å². The minimum Gasteiger partial charge on any atom is -0.378 e. The van der Waals surface area contributed by atoms with Crippen LogP contribution in [0.1, 0.15) is 5.69 Å². The zero-order valence-electron chi connectivity index (χ0n) is 7.80. The molecule has 0 saturated heterocycles. The Labute approximate surface area is 105 Å². The molecule has 0 aliphatic heterocycles. The largest absolute Gasteiger partial charge is 0.378 e. The zero-order chi connectivity index (χ0) is 10.7. The molecule has 3 nitrogen and oxygen atoms in total. The summed E-state index contributed by atoms with van der Waals surface area (Å²) in [7, 11) is 0. The van der Waals surface area contributed by atoms with Gasteiger partial charge in [-0.15, -0.1) is 0 Å². The number of H-pyrrole nitrogens is 1. The minimum atomic E-state index is 0.731. The van der Waals surface area contributed by atoms with Gasteiger partial charge in [0, 0.05) is 20.8 Å². The first-order valence-corrected chi connectivity index (χ1v) is 6.01. The molecule has 1 aromatic heterocycles. The number of nitrogens with one attached hydrogen (secondary N) is 2. The lowest BCUT2D eigenvalue weighted by molar-refractivity contribution is 0.981. The molecule has 5 heteroatoms. The van der Waals surface area contributed by atoms with Crippen molar-refractivity contribution < 1.29 is 0 Å². The van der Waals surface area contributed by atoms with Gasteiger partial charge < -0.3 is 5.32 Å².